The van der Waals surface area contributed by atoms with Crippen molar-refractivity contribution in [3.8, 4) is 11.1 Å². The Labute approximate surface area is 164 Å². The lowest BCUT2D eigenvalue weighted by atomic mass is 9.98. The molecule has 0 spiro atoms. The van der Waals surface area contributed by atoms with E-state index in [1.165, 1.54) is 79.0 Å². The van der Waals surface area contributed by atoms with Gasteiger partial charge in [-0.15, -0.1) is 0 Å². The van der Waals surface area contributed by atoms with Crippen molar-refractivity contribution in [3.05, 3.63) is 66.7 Å². The molecule has 0 saturated heterocycles. The molecule has 0 radical (unpaired) electrons. The Morgan fingerprint density at radius 1 is 0.630 bits per heavy atom. The number of hydrogen-bond acceptors (Lipinski definition) is 1. The van der Waals surface area contributed by atoms with Crippen molar-refractivity contribution in [1.29, 1.82) is 0 Å². The molecule has 1 heteroatoms. The van der Waals surface area contributed by atoms with Crippen LogP contribution in [0.5, 0.6) is 0 Å². The fourth-order valence-electron chi connectivity index (χ4n) is 3.79. The smallest absolute Gasteiger partial charge is 0.0499 e. The van der Waals surface area contributed by atoms with Crippen LogP contribution in [0, 0.1) is 0 Å². The zero-order valence-corrected chi connectivity index (χ0v) is 16.7. The summed E-state index contributed by atoms with van der Waals surface area (Å²) in [7, 11) is 0. The summed E-state index contributed by atoms with van der Waals surface area (Å²) < 4.78 is 0. The van der Waals surface area contributed by atoms with Crippen LogP contribution in [0.3, 0.4) is 0 Å². The van der Waals surface area contributed by atoms with Crippen LogP contribution in [0.1, 0.15) is 58.3 Å². The molecule has 0 atom stereocenters. The second kappa shape index (κ2) is 10.8. The predicted molar refractivity (Wildman–Crippen MR) is 120 cm³/mol. The number of unbranched alkanes of at least 4 members (excludes halogenated alkanes) is 7. The van der Waals surface area contributed by atoms with E-state index >= 15 is 0 Å². The first-order chi connectivity index (χ1) is 13.4. The Morgan fingerprint density at radius 3 is 2.07 bits per heavy atom. The van der Waals surface area contributed by atoms with Crippen LogP contribution in [-0.4, -0.2) is 6.54 Å². The number of anilines is 1. The lowest BCUT2D eigenvalue weighted by Gasteiger charge is -2.16. The van der Waals surface area contributed by atoms with Gasteiger partial charge in [0.05, 0.1) is 0 Å². The molecule has 0 aliphatic carbocycles. The first-order valence-corrected chi connectivity index (χ1v) is 10.7. The van der Waals surface area contributed by atoms with Crippen molar-refractivity contribution in [2.45, 2.75) is 58.3 Å². The summed E-state index contributed by atoms with van der Waals surface area (Å²) in [4.78, 5) is 0. The van der Waals surface area contributed by atoms with Gasteiger partial charge in [0.25, 0.3) is 0 Å². The molecule has 1 nitrogen and oxygen atoms in total. The predicted octanol–water partition coefficient (Wildman–Crippen LogP) is 8.06. The molecule has 0 unspecified atom stereocenters. The topological polar surface area (TPSA) is 12.0 Å². The maximum Gasteiger partial charge on any atom is 0.0499 e. The molecule has 3 rings (SSSR count). The van der Waals surface area contributed by atoms with Gasteiger partial charge in [0.2, 0.25) is 0 Å². The Bertz CT molecular complexity index is 807. The van der Waals surface area contributed by atoms with Gasteiger partial charge < -0.3 is 5.32 Å². The van der Waals surface area contributed by atoms with Gasteiger partial charge in [0, 0.05) is 23.2 Å². The summed E-state index contributed by atoms with van der Waals surface area (Å²) in [5, 5.41) is 6.39. The largest absolute Gasteiger partial charge is 0.384 e. The summed E-state index contributed by atoms with van der Waals surface area (Å²) in [6, 6.07) is 23.9. The van der Waals surface area contributed by atoms with E-state index in [1.54, 1.807) is 0 Å². The van der Waals surface area contributed by atoms with Gasteiger partial charge in [-0.3, -0.25) is 0 Å². The van der Waals surface area contributed by atoms with Crippen LogP contribution in [0.4, 0.5) is 5.69 Å². The van der Waals surface area contributed by atoms with E-state index in [2.05, 4.69) is 79.0 Å². The molecule has 3 aromatic carbocycles. The van der Waals surface area contributed by atoms with E-state index in [9.17, 15) is 0 Å². The summed E-state index contributed by atoms with van der Waals surface area (Å²) in [6.45, 7) is 3.32. The van der Waals surface area contributed by atoms with E-state index in [4.69, 9.17) is 0 Å². The third-order valence-corrected chi connectivity index (χ3v) is 5.35. The third kappa shape index (κ3) is 5.60. The van der Waals surface area contributed by atoms with Crippen molar-refractivity contribution in [1.82, 2.24) is 0 Å². The average Bonchev–Trinajstić information content (AvgIpc) is 2.73. The van der Waals surface area contributed by atoms with Crippen molar-refractivity contribution >= 4 is 16.5 Å². The Hall–Kier alpha value is -2.28. The molecule has 0 fully saturated rings. The fourth-order valence-corrected chi connectivity index (χ4v) is 3.79. The normalized spacial score (nSPS) is 11.0. The molecular formula is C26H33N. The van der Waals surface area contributed by atoms with Gasteiger partial charge in [-0.2, -0.15) is 0 Å². The maximum atomic E-state index is 3.77. The standard InChI is InChI=1S/C26H33N/c1-2-3-4-5-6-7-8-14-21-27-26-24-18-13-12-17-23(24)19-20-25(26)22-15-10-9-11-16-22/h9-13,15-20,27H,2-8,14,21H2,1H3. The Morgan fingerprint density at radius 2 is 1.30 bits per heavy atom. The maximum absolute atomic E-state index is 3.77. The molecule has 1 N–H and O–H groups in total. The first-order valence-electron chi connectivity index (χ1n) is 10.7. The number of fused-ring (bicyclic) bond motifs is 1. The van der Waals surface area contributed by atoms with Crippen LogP contribution in [-0.2, 0) is 0 Å². The molecule has 0 aliphatic rings. The summed E-state index contributed by atoms with van der Waals surface area (Å²) in [5.74, 6) is 0. The highest BCUT2D eigenvalue weighted by Crippen LogP contribution is 2.34. The van der Waals surface area contributed by atoms with Crippen LogP contribution in [0.25, 0.3) is 21.9 Å². The van der Waals surface area contributed by atoms with Gasteiger partial charge in [-0.25, -0.2) is 0 Å². The number of benzene rings is 3. The lowest BCUT2D eigenvalue weighted by molar-refractivity contribution is 0.581. The van der Waals surface area contributed by atoms with E-state index in [-0.39, 0.29) is 0 Å². The molecule has 3 aromatic rings. The molecule has 0 saturated carbocycles. The van der Waals surface area contributed by atoms with Crippen molar-refractivity contribution < 1.29 is 0 Å². The van der Waals surface area contributed by atoms with Gasteiger partial charge in [-0.1, -0.05) is 119 Å². The molecule has 142 valence electrons. The highest BCUT2D eigenvalue weighted by Gasteiger charge is 2.09. The van der Waals surface area contributed by atoms with Crippen LogP contribution < -0.4 is 5.32 Å². The Balaban J connectivity index is 1.62. The van der Waals surface area contributed by atoms with Crippen molar-refractivity contribution in [2.24, 2.45) is 0 Å². The third-order valence-electron chi connectivity index (χ3n) is 5.35. The minimum Gasteiger partial charge on any atom is -0.384 e. The molecule has 0 amide bonds. The molecular weight excluding hydrogens is 326 g/mol. The highest BCUT2D eigenvalue weighted by atomic mass is 14.9. The van der Waals surface area contributed by atoms with Crippen molar-refractivity contribution in [3.63, 3.8) is 0 Å². The molecule has 0 bridgehead atoms. The lowest BCUT2D eigenvalue weighted by Crippen LogP contribution is -2.03. The minimum atomic E-state index is 1.04. The molecule has 0 aromatic heterocycles. The fraction of sp³-hybridized carbons (Fsp3) is 0.385. The summed E-state index contributed by atoms with van der Waals surface area (Å²) in [6.07, 6.45) is 10.9. The average molecular weight is 360 g/mol. The van der Waals surface area contributed by atoms with E-state index in [0.717, 1.165) is 6.54 Å². The van der Waals surface area contributed by atoms with Crippen LogP contribution in [0.15, 0.2) is 66.7 Å². The van der Waals surface area contributed by atoms with E-state index < -0.39 is 0 Å². The van der Waals surface area contributed by atoms with Crippen LogP contribution in [0.2, 0.25) is 0 Å². The first kappa shape index (κ1) is 19.5. The van der Waals surface area contributed by atoms with Crippen molar-refractivity contribution in [2.75, 3.05) is 11.9 Å². The number of rotatable bonds is 11. The molecule has 27 heavy (non-hydrogen) atoms. The second-order valence-corrected chi connectivity index (χ2v) is 7.48. The van der Waals surface area contributed by atoms with E-state index in [0.29, 0.717) is 0 Å². The van der Waals surface area contributed by atoms with E-state index in [1.807, 2.05) is 0 Å². The summed E-state index contributed by atoms with van der Waals surface area (Å²) in [5.41, 5.74) is 3.86. The SMILES string of the molecule is CCCCCCCCCCNc1c(-c2ccccc2)ccc2ccccc12. The summed E-state index contributed by atoms with van der Waals surface area (Å²) >= 11 is 0. The van der Waals surface area contributed by atoms with Gasteiger partial charge in [0.15, 0.2) is 0 Å². The highest BCUT2D eigenvalue weighted by molar-refractivity contribution is 6.01. The zero-order valence-electron chi connectivity index (χ0n) is 16.7. The molecule has 0 heterocycles. The van der Waals surface area contributed by atoms with Gasteiger partial charge >= 0.3 is 0 Å². The quantitative estimate of drug-likeness (QED) is 0.341. The number of hydrogen-bond donors (Lipinski definition) is 1. The minimum absolute atomic E-state index is 1.04. The monoisotopic (exact) mass is 359 g/mol. The van der Waals surface area contributed by atoms with Gasteiger partial charge in [0.1, 0.15) is 0 Å². The zero-order chi connectivity index (χ0) is 18.7. The Kier molecular flexibility index (Phi) is 7.77. The van der Waals surface area contributed by atoms with Crippen LogP contribution >= 0.6 is 0 Å². The second-order valence-electron chi connectivity index (χ2n) is 7.48. The van der Waals surface area contributed by atoms with Gasteiger partial charge in [-0.05, 0) is 17.4 Å². The number of nitrogens with one attached hydrogen (secondary N) is 1. The molecule has 0 aliphatic heterocycles.